The van der Waals surface area contributed by atoms with Crippen molar-refractivity contribution >= 4 is 32.4 Å². The number of nitrogens with one attached hydrogen (secondary N) is 1. The van der Waals surface area contributed by atoms with Crippen LogP contribution in [0, 0.1) is 12.7 Å². The van der Waals surface area contributed by atoms with Gasteiger partial charge in [0, 0.05) is 23.2 Å². The van der Waals surface area contributed by atoms with Crippen molar-refractivity contribution in [2.45, 2.75) is 18.4 Å². The summed E-state index contributed by atoms with van der Waals surface area (Å²) in [5, 5.41) is 4.60. The molecule has 0 aromatic heterocycles. The zero-order valence-electron chi connectivity index (χ0n) is 18.0. The highest BCUT2D eigenvalue weighted by Crippen LogP contribution is 2.24. The van der Waals surface area contributed by atoms with Gasteiger partial charge in [0.05, 0.1) is 11.4 Å². The van der Waals surface area contributed by atoms with Crippen LogP contribution in [0.3, 0.4) is 0 Å². The Morgan fingerprint density at radius 1 is 0.879 bits per heavy atom. The number of rotatable bonds is 7. The summed E-state index contributed by atoms with van der Waals surface area (Å²) in [6.45, 7) is 1.12. The van der Waals surface area contributed by atoms with Gasteiger partial charge in [-0.1, -0.05) is 72.3 Å². The van der Waals surface area contributed by atoms with Gasteiger partial charge in [0.1, 0.15) is 5.82 Å². The number of nitrogens with zero attached hydrogens (tertiary/aromatic N) is 1. The molecule has 0 aliphatic carbocycles. The normalized spacial score (nSPS) is 11.6. The molecule has 0 radical (unpaired) electrons. The highest BCUT2D eigenvalue weighted by molar-refractivity contribution is 7.89. The predicted octanol–water partition coefficient (Wildman–Crippen LogP) is 5.12. The fraction of sp³-hybridized carbons (Fsp3) is 0.115. The first-order chi connectivity index (χ1) is 15.8. The van der Waals surface area contributed by atoms with Crippen LogP contribution >= 0.6 is 0 Å². The summed E-state index contributed by atoms with van der Waals surface area (Å²) in [6, 6.07) is 25.4. The second-order valence-electron chi connectivity index (χ2n) is 7.75. The number of carbonyl (C=O) groups is 1. The standard InChI is InChI=1S/C26H23FN2O3S/c1-19-13-15-22(16-14-19)33(31,32)29(17-21-8-3-5-11-24(21)27)18-26(30)28-25-12-6-9-20-7-2-4-10-23(20)25/h2-16H,17-18H2,1H3,(H,28,30). The summed E-state index contributed by atoms with van der Waals surface area (Å²) in [6.07, 6.45) is 0. The van der Waals surface area contributed by atoms with E-state index in [0.717, 1.165) is 20.6 Å². The SMILES string of the molecule is Cc1ccc(S(=O)(=O)N(CC(=O)Nc2cccc3ccccc23)Cc2ccccc2F)cc1. The first-order valence-electron chi connectivity index (χ1n) is 10.4. The first-order valence-corrected chi connectivity index (χ1v) is 11.9. The topological polar surface area (TPSA) is 66.5 Å². The molecule has 0 heterocycles. The molecule has 5 nitrogen and oxygen atoms in total. The number of anilines is 1. The number of hydrogen-bond acceptors (Lipinski definition) is 3. The van der Waals surface area contributed by atoms with Crippen LogP contribution in [0.15, 0.2) is 95.9 Å². The zero-order chi connectivity index (χ0) is 23.4. The van der Waals surface area contributed by atoms with Crippen LogP contribution in [0.1, 0.15) is 11.1 Å². The van der Waals surface area contributed by atoms with Crippen LogP contribution in [-0.4, -0.2) is 25.2 Å². The number of sulfonamides is 1. The van der Waals surface area contributed by atoms with Gasteiger partial charge < -0.3 is 5.32 Å². The van der Waals surface area contributed by atoms with Crippen LogP contribution in [0.2, 0.25) is 0 Å². The third-order valence-electron chi connectivity index (χ3n) is 5.35. The Labute approximate surface area is 192 Å². The number of aryl methyl sites for hydroxylation is 1. The van der Waals surface area contributed by atoms with Gasteiger partial charge in [0.15, 0.2) is 0 Å². The molecule has 7 heteroatoms. The van der Waals surface area contributed by atoms with Crippen molar-refractivity contribution in [3.63, 3.8) is 0 Å². The Morgan fingerprint density at radius 2 is 1.55 bits per heavy atom. The molecule has 33 heavy (non-hydrogen) atoms. The molecule has 0 saturated heterocycles. The highest BCUT2D eigenvalue weighted by Gasteiger charge is 2.28. The van der Waals surface area contributed by atoms with Crippen LogP contribution in [-0.2, 0) is 21.4 Å². The van der Waals surface area contributed by atoms with E-state index in [0.29, 0.717) is 5.69 Å². The highest BCUT2D eigenvalue weighted by atomic mass is 32.2. The quantitative estimate of drug-likeness (QED) is 0.415. The van der Waals surface area contributed by atoms with Gasteiger partial charge in [-0.25, -0.2) is 12.8 Å². The minimum atomic E-state index is -4.06. The molecule has 0 spiro atoms. The zero-order valence-corrected chi connectivity index (χ0v) is 18.8. The van der Waals surface area contributed by atoms with E-state index in [1.807, 2.05) is 43.3 Å². The van der Waals surface area contributed by atoms with Gasteiger partial charge in [-0.3, -0.25) is 4.79 Å². The number of fused-ring (bicyclic) bond motifs is 1. The van der Waals surface area contributed by atoms with E-state index in [-0.39, 0.29) is 17.0 Å². The lowest BCUT2D eigenvalue weighted by molar-refractivity contribution is -0.116. The number of halogens is 1. The summed E-state index contributed by atoms with van der Waals surface area (Å²) in [7, 11) is -4.06. The van der Waals surface area contributed by atoms with Crippen LogP contribution in [0.25, 0.3) is 10.8 Å². The number of carbonyl (C=O) groups excluding carboxylic acids is 1. The summed E-state index contributed by atoms with van der Waals surface area (Å²) < 4.78 is 42.1. The molecule has 4 aromatic carbocycles. The molecule has 4 aromatic rings. The molecule has 168 valence electrons. The molecule has 0 aliphatic rings. The number of hydrogen-bond donors (Lipinski definition) is 1. The van der Waals surface area contributed by atoms with Gasteiger partial charge in [0.25, 0.3) is 0 Å². The second-order valence-corrected chi connectivity index (χ2v) is 9.69. The fourth-order valence-corrected chi connectivity index (χ4v) is 4.96. The van der Waals surface area contributed by atoms with Crippen molar-refractivity contribution < 1.29 is 17.6 Å². The molecular formula is C26H23FN2O3S. The van der Waals surface area contributed by atoms with E-state index in [1.54, 1.807) is 24.3 Å². The molecule has 0 atom stereocenters. The van der Waals surface area contributed by atoms with E-state index in [1.165, 1.54) is 30.3 Å². The van der Waals surface area contributed by atoms with Gasteiger partial charge in [-0.05, 0) is 36.6 Å². The van der Waals surface area contributed by atoms with Crippen LogP contribution < -0.4 is 5.32 Å². The fourth-order valence-electron chi connectivity index (χ4n) is 3.59. The lowest BCUT2D eigenvalue weighted by atomic mass is 10.1. The Balaban J connectivity index is 1.64. The first kappa shape index (κ1) is 22.6. The predicted molar refractivity (Wildman–Crippen MR) is 128 cm³/mol. The Morgan fingerprint density at radius 3 is 2.30 bits per heavy atom. The van der Waals surface area contributed by atoms with Crippen molar-refractivity contribution in [2.24, 2.45) is 0 Å². The molecule has 0 aliphatic heterocycles. The molecule has 0 fully saturated rings. The smallest absolute Gasteiger partial charge is 0.243 e. The van der Waals surface area contributed by atoms with Crippen LogP contribution in [0.4, 0.5) is 10.1 Å². The minimum absolute atomic E-state index is 0.0439. The molecular weight excluding hydrogens is 439 g/mol. The van der Waals surface area contributed by atoms with Crippen molar-refractivity contribution in [3.8, 4) is 0 Å². The summed E-state index contributed by atoms with van der Waals surface area (Å²) >= 11 is 0. The van der Waals surface area contributed by atoms with Gasteiger partial charge in [-0.15, -0.1) is 0 Å². The number of benzene rings is 4. The van der Waals surface area contributed by atoms with E-state index < -0.39 is 28.3 Å². The lowest BCUT2D eigenvalue weighted by Crippen LogP contribution is -2.37. The van der Waals surface area contributed by atoms with E-state index in [9.17, 15) is 17.6 Å². The lowest BCUT2D eigenvalue weighted by Gasteiger charge is -2.22. The second kappa shape index (κ2) is 9.52. The maximum atomic E-state index is 14.3. The van der Waals surface area contributed by atoms with E-state index >= 15 is 0 Å². The third kappa shape index (κ3) is 5.10. The Hall–Kier alpha value is -3.55. The molecule has 0 unspecified atom stereocenters. The Bertz CT molecular complexity index is 1400. The summed E-state index contributed by atoms with van der Waals surface area (Å²) in [5.41, 5.74) is 1.67. The number of amides is 1. The molecule has 4 rings (SSSR count). The maximum Gasteiger partial charge on any atom is 0.243 e. The largest absolute Gasteiger partial charge is 0.324 e. The van der Waals surface area contributed by atoms with E-state index in [4.69, 9.17) is 0 Å². The van der Waals surface area contributed by atoms with Gasteiger partial charge >= 0.3 is 0 Å². The molecule has 1 N–H and O–H groups in total. The molecule has 0 bridgehead atoms. The van der Waals surface area contributed by atoms with Crippen molar-refractivity contribution in [1.29, 1.82) is 0 Å². The van der Waals surface area contributed by atoms with Gasteiger partial charge in [0.2, 0.25) is 15.9 Å². The average Bonchev–Trinajstić information content (AvgIpc) is 2.80. The molecule has 0 saturated carbocycles. The molecule has 1 amide bonds. The maximum absolute atomic E-state index is 14.3. The van der Waals surface area contributed by atoms with Crippen molar-refractivity contribution in [3.05, 3.63) is 108 Å². The van der Waals surface area contributed by atoms with Crippen LogP contribution in [0.5, 0.6) is 0 Å². The van der Waals surface area contributed by atoms with Crippen molar-refractivity contribution in [1.82, 2.24) is 4.31 Å². The minimum Gasteiger partial charge on any atom is -0.324 e. The summed E-state index contributed by atoms with van der Waals surface area (Å²) in [4.78, 5) is 13.0. The summed E-state index contributed by atoms with van der Waals surface area (Å²) in [5.74, 6) is -1.05. The average molecular weight is 463 g/mol. The monoisotopic (exact) mass is 462 g/mol. The van der Waals surface area contributed by atoms with E-state index in [2.05, 4.69) is 5.32 Å². The Kier molecular flexibility index (Phi) is 6.53. The van der Waals surface area contributed by atoms with Gasteiger partial charge in [-0.2, -0.15) is 4.31 Å². The van der Waals surface area contributed by atoms with Crippen molar-refractivity contribution in [2.75, 3.05) is 11.9 Å². The third-order valence-corrected chi connectivity index (χ3v) is 7.15.